The minimum absolute atomic E-state index is 0.0582. The number of rotatable bonds is 6. The van der Waals surface area contributed by atoms with Crippen molar-refractivity contribution >= 4 is 17.7 Å². The van der Waals surface area contributed by atoms with E-state index in [-0.39, 0.29) is 23.5 Å². The van der Waals surface area contributed by atoms with Crippen molar-refractivity contribution in [1.82, 2.24) is 10.2 Å². The van der Waals surface area contributed by atoms with Crippen molar-refractivity contribution in [3.63, 3.8) is 0 Å². The summed E-state index contributed by atoms with van der Waals surface area (Å²) >= 11 is 1.54. The Balaban J connectivity index is 1.33. The predicted octanol–water partition coefficient (Wildman–Crippen LogP) is 3.54. The van der Waals surface area contributed by atoms with E-state index in [1.807, 2.05) is 12.3 Å². The zero-order chi connectivity index (χ0) is 22.8. The predicted molar refractivity (Wildman–Crippen MR) is 130 cm³/mol. The van der Waals surface area contributed by atoms with Crippen LogP contribution in [0.5, 0.6) is 11.5 Å². The van der Waals surface area contributed by atoms with E-state index in [0.717, 1.165) is 44.0 Å². The van der Waals surface area contributed by atoms with Crippen LogP contribution in [0, 0.1) is 0 Å². The van der Waals surface area contributed by atoms with Gasteiger partial charge in [-0.15, -0.1) is 0 Å². The lowest BCUT2D eigenvalue weighted by Crippen LogP contribution is -2.50. The van der Waals surface area contributed by atoms with Crippen molar-refractivity contribution in [2.75, 3.05) is 45.4 Å². The van der Waals surface area contributed by atoms with Crippen LogP contribution in [0.2, 0.25) is 0 Å². The highest BCUT2D eigenvalue weighted by Crippen LogP contribution is 2.52. The number of benzene rings is 2. The third-order valence-electron chi connectivity index (χ3n) is 7.29. The van der Waals surface area contributed by atoms with Crippen LogP contribution in [-0.4, -0.2) is 62.3 Å². The lowest BCUT2D eigenvalue weighted by atomic mass is 9.72. The van der Waals surface area contributed by atoms with Gasteiger partial charge in [-0.3, -0.25) is 9.69 Å². The van der Waals surface area contributed by atoms with Gasteiger partial charge in [-0.1, -0.05) is 30.3 Å². The largest absolute Gasteiger partial charge is 0.486 e. The number of ether oxygens (including phenoxy) is 3. The third kappa shape index (κ3) is 4.22. The van der Waals surface area contributed by atoms with Crippen molar-refractivity contribution in [3.8, 4) is 11.5 Å². The van der Waals surface area contributed by atoms with Crippen LogP contribution in [0.4, 0.5) is 0 Å². The molecule has 0 radical (unpaired) electrons. The maximum atomic E-state index is 12.5. The van der Waals surface area contributed by atoms with Crippen LogP contribution < -0.4 is 14.8 Å². The molecule has 6 nitrogen and oxygen atoms in total. The Labute approximate surface area is 200 Å². The quantitative estimate of drug-likeness (QED) is 0.700. The van der Waals surface area contributed by atoms with E-state index in [1.165, 1.54) is 16.7 Å². The maximum absolute atomic E-state index is 12.5. The highest BCUT2D eigenvalue weighted by Gasteiger charge is 2.53. The molecule has 2 atom stereocenters. The first-order valence-corrected chi connectivity index (χ1v) is 13.1. The highest BCUT2D eigenvalue weighted by molar-refractivity contribution is 7.99. The number of piperidine rings is 1. The Hall–Kier alpha value is -2.22. The SMILES string of the molecule is CO[C@H]1[C@H](NC(=O)CSC)c2ccccc2C12CCN(Cc1ccc3c(c1)OCCO3)CC2. The number of hydrogen-bond donors (Lipinski definition) is 1. The molecule has 0 aromatic heterocycles. The molecule has 176 valence electrons. The Bertz CT molecular complexity index is 1010. The normalized spacial score (nSPS) is 23.3. The zero-order valence-corrected chi connectivity index (χ0v) is 20.2. The number of amides is 1. The summed E-state index contributed by atoms with van der Waals surface area (Å²) < 4.78 is 17.5. The molecule has 2 aromatic carbocycles. The van der Waals surface area contributed by atoms with Gasteiger partial charge in [-0.2, -0.15) is 11.8 Å². The average Bonchev–Trinajstić information content (AvgIpc) is 3.09. The molecule has 1 N–H and O–H groups in total. The fraction of sp³-hybridized carbons (Fsp3) is 0.500. The summed E-state index contributed by atoms with van der Waals surface area (Å²) in [5.74, 6) is 2.21. The molecule has 1 aliphatic carbocycles. The first-order valence-electron chi connectivity index (χ1n) is 11.7. The maximum Gasteiger partial charge on any atom is 0.230 e. The Morgan fingerprint density at radius 2 is 1.91 bits per heavy atom. The Kier molecular flexibility index (Phi) is 6.54. The Morgan fingerprint density at radius 1 is 1.15 bits per heavy atom. The number of carbonyl (C=O) groups excluding carboxylic acids is 1. The first kappa shape index (κ1) is 22.6. The fourth-order valence-electron chi connectivity index (χ4n) is 5.83. The van der Waals surface area contributed by atoms with Gasteiger partial charge in [0.2, 0.25) is 5.91 Å². The molecular weight excluding hydrogens is 436 g/mol. The van der Waals surface area contributed by atoms with E-state index in [2.05, 4.69) is 46.6 Å². The molecule has 1 saturated heterocycles. The van der Waals surface area contributed by atoms with Crippen LogP contribution in [0.3, 0.4) is 0 Å². The minimum atomic E-state index is -0.102. The van der Waals surface area contributed by atoms with Crippen molar-refractivity contribution in [3.05, 3.63) is 59.2 Å². The molecule has 7 heteroatoms. The Morgan fingerprint density at radius 3 is 2.67 bits per heavy atom. The number of nitrogens with zero attached hydrogens (tertiary/aromatic N) is 1. The molecule has 2 heterocycles. The van der Waals surface area contributed by atoms with Crippen LogP contribution in [-0.2, 0) is 21.5 Å². The van der Waals surface area contributed by atoms with Gasteiger partial charge in [0.15, 0.2) is 11.5 Å². The van der Waals surface area contributed by atoms with Gasteiger partial charge in [0.1, 0.15) is 13.2 Å². The van der Waals surface area contributed by atoms with Gasteiger partial charge in [-0.05, 0) is 61.0 Å². The lowest BCUT2D eigenvalue weighted by Gasteiger charge is -2.44. The van der Waals surface area contributed by atoms with Crippen LogP contribution in [0.15, 0.2) is 42.5 Å². The average molecular weight is 469 g/mol. The van der Waals surface area contributed by atoms with Gasteiger partial charge >= 0.3 is 0 Å². The monoisotopic (exact) mass is 468 g/mol. The first-order chi connectivity index (χ1) is 16.1. The van der Waals surface area contributed by atoms with Gasteiger partial charge in [0.05, 0.1) is 17.9 Å². The highest BCUT2D eigenvalue weighted by atomic mass is 32.2. The van der Waals surface area contributed by atoms with E-state index in [0.29, 0.717) is 19.0 Å². The molecule has 5 rings (SSSR count). The van der Waals surface area contributed by atoms with Crippen LogP contribution in [0.1, 0.15) is 35.6 Å². The molecule has 2 aliphatic heterocycles. The second-order valence-electron chi connectivity index (χ2n) is 9.13. The molecule has 0 unspecified atom stereocenters. The van der Waals surface area contributed by atoms with Crippen molar-refractivity contribution in [2.45, 2.75) is 36.9 Å². The lowest BCUT2D eigenvalue weighted by molar-refractivity contribution is -0.121. The number of carbonyl (C=O) groups is 1. The summed E-state index contributed by atoms with van der Waals surface area (Å²) in [6, 6.07) is 14.7. The molecule has 1 fully saturated rings. The summed E-state index contributed by atoms with van der Waals surface area (Å²) in [5, 5.41) is 3.26. The van der Waals surface area contributed by atoms with E-state index in [1.54, 1.807) is 18.9 Å². The standard InChI is InChI=1S/C26H32N2O4S/c1-30-25-24(27-23(29)17-33-2)19-5-3-4-6-20(19)26(25)9-11-28(12-10-26)16-18-7-8-21-22(15-18)32-14-13-31-21/h3-8,15,24-25H,9-14,16-17H2,1-2H3,(H,27,29)/t24-,25+/m1/s1. The number of thioether (sulfide) groups is 1. The molecule has 0 saturated carbocycles. The molecule has 2 aromatic rings. The minimum Gasteiger partial charge on any atom is -0.486 e. The molecular formula is C26H32N2O4S. The number of nitrogens with one attached hydrogen (secondary N) is 1. The van der Waals surface area contributed by atoms with Crippen LogP contribution in [0.25, 0.3) is 0 Å². The van der Waals surface area contributed by atoms with E-state index >= 15 is 0 Å². The fourth-order valence-corrected chi connectivity index (χ4v) is 6.17. The summed E-state index contributed by atoms with van der Waals surface area (Å²) in [6.07, 6.45) is 3.90. The number of hydrogen-bond acceptors (Lipinski definition) is 6. The summed E-state index contributed by atoms with van der Waals surface area (Å²) in [6.45, 7) is 4.07. The van der Waals surface area contributed by atoms with Crippen molar-refractivity contribution < 1.29 is 19.0 Å². The third-order valence-corrected chi connectivity index (χ3v) is 7.84. The van der Waals surface area contributed by atoms with E-state index in [4.69, 9.17) is 14.2 Å². The van der Waals surface area contributed by atoms with Crippen molar-refractivity contribution in [1.29, 1.82) is 0 Å². The summed E-state index contributed by atoms with van der Waals surface area (Å²) in [5.41, 5.74) is 3.71. The molecule has 3 aliphatic rings. The topological polar surface area (TPSA) is 60.0 Å². The van der Waals surface area contributed by atoms with Crippen LogP contribution >= 0.6 is 11.8 Å². The van der Waals surface area contributed by atoms with Gasteiger partial charge in [-0.25, -0.2) is 0 Å². The van der Waals surface area contributed by atoms with Crippen molar-refractivity contribution in [2.24, 2.45) is 0 Å². The molecule has 33 heavy (non-hydrogen) atoms. The number of likely N-dealkylation sites (tertiary alicyclic amines) is 1. The van der Waals surface area contributed by atoms with Gasteiger partial charge in [0, 0.05) is 19.1 Å². The van der Waals surface area contributed by atoms with E-state index < -0.39 is 0 Å². The second kappa shape index (κ2) is 9.57. The number of methoxy groups -OCH3 is 1. The van der Waals surface area contributed by atoms with E-state index in [9.17, 15) is 4.79 Å². The zero-order valence-electron chi connectivity index (χ0n) is 19.3. The smallest absolute Gasteiger partial charge is 0.230 e. The molecule has 1 spiro atoms. The summed E-state index contributed by atoms with van der Waals surface area (Å²) in [7, 11) is 1.79. The molecule has 0 bridgehead atoms. The number of fused-ring (bicyclic) bond motifs is 3. The van der Waals surface area contributed by atoms with Gasteiger partial charge < -0.3 is 19.5 Å². The summed E-state index contributed by atoms with van der Waals surface area (Å²) in [4.78, 5) is 15.0. The van der Waals surface area contributed by atoms with Gasteiger partial charge in [0.25, 0.3) is 0 Å². The second-order valence-corrected chi connectivity index (χ2v) is 10.00. The molecule has 1 amide bonds.